The number of ether oxygens (including phenoxy) is 4. The standard InChI is InChI=1S/C41H43N3O17/c1-17-33(48)24(44-40(56)59-16-19-7-9-20(10-8-19)42-39(55)43-23(38(53)54)11-12-27(46)47)13-28(60-17)61-26-15-41(57,18(2)45)14-22-30(26)37(52)32-31(35(22)50)34(49)21-5-4-6-25(58-3)29(21)36(32)51/h4-10,17,23-24,26,28,33,48,50,52,57H,11-16H2,1-3H3,(H,44,56)(H,46,47)(H,53,54)(H2,42,43,55)/t17-,23-,24-,26-,28-,33+,41-/m0/s1. The van der Waals surface area contributed by atoms with E-state index in [0.717, 1.165) is 6.92 Å². The second-order valence-corrected chi connectivity index (χ2v) is 14.9. The molecule has 1 saturated heterocycles. The summed E-state index contributed by atoms with van der Waals surface area (Å²) in [7, 11) is 1.30. The second-order valence-electron chi connectivity index (χ2n) is 14.9. The number of amides is 3. The van der Waals surface area contributed by atoms with Crippen LogP contribution in [0.25, 0.3) is 0 Å². The molecule has 61 heavy (non-hydrogen) atoms. The minimum atomic E-state index is -2.16. The molecule has 9 N–H and O–H groups in total. The van der Waals surface area contributed by atoms with Gasteiger partial charge in [-0.05, 0) is 44.0 Å². The highest BCUT2D eigenvalue weighted by Crippen LogP contribution is 2.52. The number of hydrogen-bond acceptors (Lipinski definition) is 15. The number of urea groups is 1. The lowest BCUT2D eigenvalue weighted by atomic mass is 9.72. The number of rotatable bonds is 13. The third-order valence-corrected chi connectivity index (χ3v) is 10.9. The van der Waals surface area contributed by atoms with Gasteiger partial charge in [0.15, 0.2) is 17.9 Å². The van der Waals surface area contributed by atoms with E-state index in [4.69, 9.17) is 24.1 Å². The number of fused-ring (bicyclic) bond motifs is 3. The fraction of sp³-hybridized carbons (Fsp3) is 0.390. The Morgan fingerprint density at radius 1 is 0.967 bits per heavy atom. The Morgan fingerprint density at radius 2 is 1.66 bits per heavy atom. The lowest BCUT2D eigenvalue weighted by Gasteiger charge is -2.42. The molecule has 0 unspecified atom stereocenters. The van der Waals surface area contributed by atoms with Crippen molar-refractivity contribution in [2.45, 2.75) is 94.8 Å². The number of carboxylic acids is 2. The molecule has 0 aromatic heterocycles. The molecule has 3 aromatic carbocycles. The Kier molecular flexibility index (Phi) is 12.6. The Balaban J connectivity index is 1.14. The lowest BCUT2D eigenvalue weighted by Crippen LogP contribution is -2.55. The van der Waals surface area contributed by atoms with Crippen LogP contribution in [0.4, 0.5) is 15.3 Å². The summed E-state index contributed by atoms with van der Waals surface area (Å²) < 4.78 is 22.8. The molecule has 1 fully saturated rings. The highest BCUT2D eigenvalue weighted by molar-refractivity contribution is 6.31. The molecular weight excluding hydrogens is 806 g/mol. The summed E-state index contributed by atoms with van der Waals surface area (Å²) in [5.41, 5.74) is -3.08. The predicted molar refractivity (Wildman–Crippen MR) is 206 cm³/mol. The van der Waals surface area contributed by atoms with Crippen LogP contribution in [0.3, 0.4) is 0 Å². The van der Waals surface area contributed by atoms with E-state index in [1.54, 1.807) is 0 Å². The zero-order valence-electron chi connectivity index (χ0n) is 32.9. The van der Waals surface area contributed by atoms with E-state index in [-0.39, 0.29) is 53.1 Å². The molecule has 0 bridgehead atoms. The minimum absolute atomic E-state index is 0.0519. The van der Waals surface area contributed by atoms with Crippen molar-refractivity contribution in [1.82, 2.24) is 10.6 Å². The number of phenolic OH excluding ortho intramolecular Hbond substituents is 2. The van der Waals surface area contributed by atoms with Crippen LogP contribution in [0, 0.1) is 0 Å². The summed E-state index contributed by atoms with van der Waals surface area (Å²) >= 11 is 0. The molecule has 6 rings (SSSR count). The van der Waals surface area contributed by atoms with Gasteiger partial charge in [-0.2, -0.15) is 0 Å². The number of anilines is 1. The quantitative estimate of drug-likeness (QED) is 0.0873. The van der Waals surface area contributed by atoms with Crippen molar-refractivity contribution >= 4 is 47.1 Å². The van der Waals surface area contributed by atoms with E-state index in [2.05, 4.69) is 16.0 Å². The number of hydrogen-bond donors (Lipinski definition) is 9. The summed E-state index contributed by atoms with van der Waals surface area (Å²) in [6.07, 6.45) is -7.98. The first-order valence-corrected chi connectivity index (χ1v) is 19.0. The van der Waals surface area contributed by atoms with Gasteiger partial charge in [0, 0.05) is 48.1 Å². The highest BCUT2D eigenvalue weighted by atomic mass is 16.7. The molecule has 1 aliphatic heterocycles. The molecule has 7 atom stereocenters. The number of carboxylic acid groups (broad SMARTS) is 2. The minimum Gasteiger partial charge on any atom is -0.507 e. The molecule has 0 spiro atoms. The topological polar surface area (TPSA) is 314 Å². The van der Waals surface area contributed by atoms with Crippen molar-refractivity contribution in [2.24, 2.45) is 0 Å². The van der Waals surface area contributed by atoms with Crippen molar-refractivity contribution in [1.29, 1.82) is 0 Å². The third-order valence-electron chi connectivity index (χ3n) is 10.9. The first-order valence-electron chi connectivity index (χ1n) is 19.0. The van der Waals surface area contributed by atoms with Gasteiger partial charge in [0.2, 0.25) is 5.78 Å². The van der Waals surface area contributed by atoms with Gasteiger partial charge in [0.05, 0.1) is 42.0 Å². The number of Topliss-reactive ketones (excluding diaryl/α,β-unsaturated/α-hetero) is 1. The van der Waals surface area contributed by atoms with Crippen LogP contribution < -0.4 is 20.7 Å². The maximum absolute atomic E-state index is 13.9. The molecule has 20 nitrogen and oxygen atoms in total. The summed E-state index contributed by atoms with van der Waals surface area (Å²) in [6, 6.07) is 6.83. The van der Waals surface area contributed by atoms with E-state index in [1.165, 1.54) is 56.5 Å². The normalized spacial score (nSPS) is 23.3. The molecule has 0 saturated carbocycles. The van der Waals surface area contributed by atoms with Gasteiger partial charge >= 0.3 is 24.1 Å². The molecule has 3 aliphatic rings. The van der Waals surface area contributed by atoms with Crippen LogP contribution in [0.5, 0.6) is 17.2 Å². The van der Waals surface area contributed by atoms with Gasteiger partial charge in [0.1, 0.15) is 41.6 Å². The average molecular weight is 850 g/mol. The second kappa shape index (κ2) is 17.5. The van der Waals surface area contributed by atoms with Gasteiger partial charge in [0.25, 0.3) is 0 Å². The molecule has 3 aromatic rings. The fourth-order valence-corrected chi connectivity index (χ4v) is 7.64. The number of phenols is 2. The van der Waals surface area contributed by atoms with Crippen molar-refractivity contribution in [3.05, 3.63) is 81.4 Å². The van der Waals surface area contributed by atoms with E-state index < -0.39 is 126 Å². The van der Waals surface area contributed by atoms with Gasteiger partial charge in [-0.25, -0.2) is 14.4 Å². The molecule has 20 heteroatoms. The molecule has 3 amide bonds. The first-order chi connectivity index (χ1) is 28.8. The van der Waals surface area contributed by atoms with Gasteiger partial charge in [-0.3, -0.25) is 19.2 Å². The van der Waals surface area contributed by atoms with Crippen molar-refractivity contribution in [3.63, 3.8) is 0 Å². The predicted octanol–water partition coefficient (Wildman–Crippen LogP) is 2.44. The largest absolute Gasteiger partial charge is 0.507 e. The number of carbonyl (C=O) groups excluding carboxylic acids is 5. The highest BCUT2D eigenvalue weighted by Gasteiger charge is 2.49. The summed E-state index contributed by atoms with van der Waals surface area (Å²) in [4.78, 5) is 87.9. The number of aliphatic hydroxyl groups excluding tert-OH is 1. The van der Waals surface area contributed by atoms with Crippen LogP contribution in [0.15, 0.2) is 42.5 Å². The molecule has 324 valence electrons. The fourth-order valence-electron chi connectivity index (χ4n) is 7.64. The van der Waals surface area contributed by atoms with Crippen molar-refractivity contribution in [3.8, 4) is 17.2 Å². The van der Waals surface area contributed by atoms with Crippen LogP contribution in [-0.2, 0) is 41.6 Å². The smallest absolute Gasteiger partial charge is 0.407 e. The average Bonchev–Trinajstić information content (AvgIpc) is 3.20. The van der Waals surface area contributed by atoms with Crippen molar-refractivity contribution in [2.75, 3.05) is 12.4 Å². The number of aliphatic hydroxyl groups is 2. The molecule has 0 radical (unpaired) electrons. The van der Waals surface area contributed by atoms with Gasteiger partial charge in [-0.1, -0.05) is 24.3 Å². The Morgan fingerprint density at radius 3 is 2.30 bits per heavy atom. The van der Waals surface area contributed by atoms with E-state index in [1.807, 2.05) is 0 Å². The third kappa shape index (κ3) is 8.97. The first kappa shape index (κ1) is 44.0. The molecular formula is C41H43N3O17. The van der Waals surface area contributed by atoms with Crippen LogP contribution >= 0.6 is 0 Å². The van der Waals surface area contributed by atoms with Gasteiger partial charge in [-0.15, -0.1) is 0 Å². The number of aromatic hydroxyl groups is 2. The van der Waals surface area contributed by atoms with Gasteiger partial charge < -0.3 is 65.5 Å². The van der Waals surface area contributed by atoms with Crippen LogP contribution in [-0.4, -0.2) is 115 Å². The monoisotopic (exact) mass is 849 g/mol. The van der Waals surface area contributed by atoms with Crippen LogP contribution in [0.2, 0.25) is 0 Å². The summed E-state index contributed by atoms with van der Waals surface area (Å²) in [5, 5.41) is 71.0. The number of alkyl carbamates (subject to hydrolysis) is 1. The van der Waals surface area contributed by atoms with Crippen molar-refractivity contribution < 1.29 is 83.1 Å². The van der Waals surface area contributed by atoms with E-state index in [9.17, 15) is 59.1 Å². The maximum Gasteiger partial charge on any atom is 0.407 e. The number of carbonyl (C=O) groups is 7. The maximum atomic E-state index is 13.9. The number of benzene rings is 3. The number of ketones is 3. The SMILES string of the molecule is COc1cccc2c1C(=O)c1c(O)c3c(c(O)c1C2=O)C[C@@](O)(C(C)=O)C[C@@H]3O[C@H]1C[C@H](NC(=O)OCc2ccc(NC(=O)N[C@@H](CCC(=O)O)C(=O)O)cc2)[C@H](O)[C@H](C)O1. The lowest BCUT2D eigenvalue weighted by molar-refractivity contribution is -0.249. The van der Waals surface area contributed by atoms with Crippen LogP contribution in [0.1, 0.15) is 94.2 Å². The number of aliphatic carboxylic acids is 2. The molecule has 2 aliphatic carbocycles. The number of methoxy groups -OCH3 is 1. The Bertz CT molecular complexity index is 2300. The summed E-state index contributed by atoms with van der Waals surface area (Å²) in [5.74, 6) is -6.36. The zero-order chi connectivity index (χ0) is 44.5. The molecule has 1 heterocycles. The van der Waals surface area contributed by atoms with E-state index in [0.29, 0.717) is 5.56 Å². The summed E-state index contributed by atoms with van der Waals surface area (Å²) in [6.45, 7) is 2.34. The van der Waals surface area contributed by atoms with E-state index >= 15 is 0 Å². The number of nitrogens with one attached hydrogen (secondary N) is 3. The Hall–Kier alpha value is -6.61. The zero-order valence-corrected chi connectivity index (χ0v) is 32.9. The Labute approximate surface area is 346 Å².